The number of halogens is 4. The van der Waals surface area contributed by atoms with E-state index in [9.17, 15) is 13.6 Å². The van der Waals surface area contributed by atoms with Crippen LogP contribution in [0.4, 0.5) is 8.78 Å². The lowest BCUT2D eigenvalue weighted by Crippen LogP contribution is -2.40. The van der Waals surface area contributed by atoms with Gasteiger partial charge in [-0.1, -0.05) is 11.6 Å². The van der Waals surface area contributed by atoms with Gasteiger partial charge in [-0.2, -0.15) is 0 Å². The fraction of sp³-hybridized carbons (Fsp3) is 0.417. The van der Waals surface area contributed by atoms with Crippen molar-refractivity contribution in [2.24, 2.45) is 5.73 Å². The third kappa shape index (κ3) is 3.16. The number of hydrogen-bond acceptors (Lipinski definition) is 2. The van der Waals surface area contributed by atoms with Crippen molar-refractivity contribution in [1.29, 1.82) is 0 Å². The molecule has 0 bridgehead atoms. The topological polar surface area (TPSA) is 46.3 Å². The normalized spacial score (nSPS) is 18.3. The van der Waals surface area contributed by atoms with E-state index in [1.165, 1.54) is 0 Å². The minimum atomic E-state index is -1.08. The summed E-state index contributed by atoms with van der Waals surface area (Å²) in [6.45, 7) is 0.920. The highest BCUT2D eigenvalue weighted by Crippen LogP contribution is 2.25. The van der Waals surface area contributed by atoms with Crippen molar-refractivity contribution < 1.29 is 13.6 Å². The highest BCUT2D eigenvalue weighted by atomic mass is 35.5. The Morgan fingerprint density at radius 3 is 2.68 bits per heavy atom. The Morgan fingerprint density at radius 2 is 2.05 bits per heavy atom. The largest absolute Gasteiger partial charge is 0.334 e. The van der Waals surface area contributed by atoms with E-state index in [2.05, 4.69) is 0 Å². The van der Waals surface area contributed by atoms with Crippen molar-refractivity contribution in [2.75, 3.05) is 13.1 Å². The average molecular weight is 311 g/mol. The number of nitrogens with zero attached hydrogens (tertiary/aromatic N) is 1. The standard InChI is InChI=1S/C12H13ClF2N2O.ClH/c13-9-5-11(15)10(14)4-8(9)12(18)17-3-1-2-7(17)6-16;/h4-5,7H,1-3,6,16H2;1H. The number of nitrogens with two attached hydrogens (primary N) is 1. The minimum Gasteiger partial charge on any atom is -0.334 e. The zero-order valence-electron chi connectivity index (χ0n) is 10.0. The molecule has 1 unspecified atom stereocenters. The maximum atomic E-state index is 13.2. The summed E-state index contributed by atoms with van der Waals surface area (Å²) >= 11 is 5.78. The van der Waals surface area contributed by atoms with Crippen LogP contribution in [0.25, 0.3) is 0 Å². The summed E-state index contributed by atoms with van der Waals surface area (Å²) in [7, 11) is 0. The van der Waals surface area contributed by atoms with Crippen LogP contribution >= 0.6 is 24.0 Å². The molecule has 1 atom stereocenters. The molecule has 1 saturated heterocycles. The van der Waals surface area contributed by atoms with Gasteiger partial charge >= 0.3 is 0 Å². The number of likely N-dealkylation sites (tertiary alicyclic amines) is 1. The average Bonchev–Trinajstić information content (AvgIpc) is 2.81. The van der Waals surface area contributed by atoms with Gasteiger partial charge in [-0.3, -0.25) is 4.79 Å². The van der Waals surface area contributed by atoms with Crippen LogP contribution < -0.4 is 5.73 Å². The molecule has 1 aromatic carbocycles. The Bertz CT molecular complexity index is 485. The van der Waals surface area contributed by atoms with E-state index in [4.69, 9.17) is 17.3 Å². The Hall–Kier alpha value is -0.910. The molecule has 2 N–H and O–H groups in total. The van der Waals surface area contributed by atoms with Gasteiger partial charge < -0.3 is 10.6 Å². The van der Waals surface area contributed by atoms with Crippen LogP contribution in [-0.2, 0) is 0 Å². The molecule has 1 heterocycles. The first-order chi connectivity index (χ1) is 8.54. The second-order valence-corrected chi connectivity index (χ2v) is 4.68. The summed E-state index contributed by atoms with van der Waals surface area (Å²) in [5.41, 5.74) is 5.55. The van der Waals surface area contributed by atoms with Crippen molar-refractivity contribution in [3.63, 3.8) is 0 Å². The lowest BCUT2D eigenvalue weighted by Gasteiger charge is -2.24. The van der Waals surface area contributed by atoms with E-state index < -0.39 is 17.5 Å². The molecular weight excluding hydrogens is 297 g/mol. The van der Waals surface area contributed by atoms with E-state index in [1.807, 2.05) is 0 Å². The van der Waals surface area contributed by atoms with Gasteiger partial charge in [0.15, 0.2) is 11.6 Å². The van der Waals surface area contributed by atoms with Crippen LogP contribution in [0.3, 0.4) is 0 Å². The summed E-state index contributed by atoms with van der Waals surface area (Å²) in [6.07, 6.45) is 1.68. The number of hydrogen-bond donors (Lipinski definition) is 1. The molecule has 2 rings (SSSR count). The predicted molar refractivity (Wildman–Crippen MR) is 71.7 cm³/mol. The third-order valence-corrected chi connectivity index (χ3v) is 3.46. The number of carbonyl (C=O) groups is 1. The lowest BCUT2D eigenvalue weighted by atomic mass is 10.1. The third-order valence-electron chi connectivity index (χ3n) is 3.15. The van der Waals surface area contributed by atoms with E-state index in [-0.39, 0.29) is 29.0 Å². The molecular formula is C12H14Cl2F2N2O. The molecule has 7 heteroatoms. The van der Waals surface area contributed by atoms with Crippen LogP contribution in [0.1, 0.15) is 23.2 Å². The van der Waals surface area contributed by atoms with Gasteiger partial charge in [-0.25, -0.2) is 8.78 Å². The van der Waals surface area contributed by atoms with E-state index in [0.29, 0.717) is 13.1 Å². The van der Waals surface area contributed by atoms with E-state index in [1.54, 1.807) is 4.90 Å². The zero-order valence-corrected chi connectivity index (χ0v) is 11.6. The van der Waals surface area contributed by atoms with Gasteiger partial charge in [-0.15, -0.1) is 12.4 Å². The fourth-order valence-electron chi connectivity index (χ4n) is 2.19. The van der Waals surface area contributed by atoms with Gasteiger partial charge in [0.1, 0.15) is 0 Å². The van der Waals surface area contributed by atoms with Crippen molar-refractivity contribution in [3.05, 3.63) is 34.4 Å². The summed E-state index contributed by atoms with van der Waals surface area (Å²) in [4.78, 5) is 13.8. The fourth-order valence-corrected chi connectivity index (χ4v) is 2.42. The minimum absolute atomic E-state index is 0. The predicted octanol–water partition coefficient (Wildman–Crippen LogP) is 2.60. The van der Waals surface area contributed by atoms with Gasteiger partial charge in [0, 0.05) is 19.1 Å². The van der Waals surface area contributed by atoms with Crippen LogP contribution in [0.2, 0.25) is 5.02 Å². The van der Waals surface area contributed by atoms with Crippen LogP contribution in [0.5, 0.6) is 0 Å². The van der Waals surface area contributed by atoms with Crippen molar-refractivity contribution in [2.45, 2.75) is 18.9 Å². The first-order valence-electron chi connectivity index (χ1n) is 5.70. The molecule has 0 saturated carbocycles. The number of benzene rings is 1. The van der Waals surface area contributed by atoms with Crippen LogP contribution in [0.15, 0.2) is 12.1 Å². The smallest absolute Gasteiger partial charge is 0.255 e. The van der Waals surface area contributed by atoms with Gasteiger partial charge in [0.05, 0.1) is 10.6 Å². The summed E-state index contributed by atoms with van der Waals surface area (Å²) in [5.74, 6) is -2.54. The van der Waals surface area contributed by atoms with E-state index >= 15 is 0 Å². The Labute approximate surface area is 121 Å². The van der Waals surface area contributed by atoms with Gasteiger partial charge in [0.25, 0.3) is 5.91 Å². The molecule has 0 spiro atoms. The summed E-state index contributed by atoms with van der Waals surface area (Å²) in [6, 6.07) is 1.60. The molecule has 0 aromatic heterocycles. The molecule has 19 heavy (non-hydrogen) atoms. The Kier molecular flexibility index (Phi) is 5.52. The highest BCUT2D eigenvalue weighted by Gasteiger charge is 2.29. The summed E-state index contributed by atoms with van der Waals surface area (Å²) < 4.78 is 26.1. The second kappa shape index (κ2) is 6.50. The molecule has 0 radical (unpaired) electrons. The van der Waals surface area contributed by atoms with Crippen LogP contribution in [0, 0.1) is 11.6 Å². The SMILES string of the molecule is Cl.NCC1CCCN1C(=O)c1cc(F)c(F)cc1Cl. The molecule has 1 fully saturated rings. The summed E-state index contributed by atoms with van der Waals surface area (Å²) in [5, 5.41) is -0.0819. The lowest BCUT2D eigenvalue weighted by molar-refractivity contribution is 0.0741. The molecule has 3 nitrogen and oxygen atoms in total. The zero-order chi connectivity index (χ0) is 13.3. The molecule has 1 amide bonds. The monoisotopic (exact) mass is 310 g/mol. The van der Waals surface area contributed by atoms with Crippen molar-refractivity contribution in [3.8, 4) is 0 Å². The van der Waals surface area contributed by atoms with Gasteiger partial charge in [-0.05, 0) is 25.0 Å². The molecule has 1 aliphatic rings. The number of rotatable bonds is 2. The van der Waals surface area contributed by atoms with E-state index in [0.717, 1.165) is 25.0 Å². The van der Waals surface area contributed by atoms with Crippen LogP contribution in [-0.4, -0.2) is 29.9 Å². The molecule has 106 valence electrons. The van der Waals surface area contributed by atoms with Crippen molar-refractivity contribution >= 4 is 29.9 Å². The second-order valence-electron chi connectivity index (χ2n) is 4.28. The molecule has 1 aliphatic heterocycles. The Balaban J connectivity index is 0.00000180. The molecule has 1 aromatic rings. The first kappa shape index (κ1) is 16.1. The number of amides is 1. The maximum Gasteiger partial charge on any atom is 0.255 e. The van der Waals surface area contributed by atoms with Crippen molar-refractivity contribution in [1.82, 2.24) is 4.90 Å². The highest BCUT2D eigenvalue weighted by molar-refractivity contribution is 6.33. The Morgan fingerprint density at radius 1 is 1.42 bits per heavy atom. The molecule has 0 aliphatic carbocycles. The quantitative estimate of drug-likeness (QED) is 0.854. The van der Waals surface area contributed by atoms with Gasteiger partial charge in [0.2, 0.25) is 0 Å². The first-order valence-corrected chi connectivity index (χ1v) is 6.08. The number of carbonyl (C=O) groups excluding carboxylic acids is 1. The maximum absolute atomic E-state index is 13.2.